The number of carboxylic acid groups (broad SMARTS) is 1. The zero-order valence-electron chi connectivity index (χ0n) is 20.4. The zero-order chi connectivity index (χ0) is 25.7. The van der Waals surface area contributed by atoms with E-state index < -0.39 is 23.6 Å². The van der Waals surface area contributed by atoms with Gasteiger partial charge in [0.1, 0.15) is 23.4 Å². The van der Waals surface area contributed by atoms with Gasteiger partial charge in [-0.2, -0.15) is 0 Å². The first kappa shape index (κ1) is 25.8. The Balaban J connectivity index is 1.30. The molecule has 1 unspecified atom stereocenters. The zero-order valence-corrected chi connectivity index (χ0v) is 20.4. The van der Waals surface area contributed by atoms with Gasteiger partial charge in [-0.3, -0.25) is 14.5 Å². The number of likely N-dealkylation sites (tertiary alicyclic amines) is 2. The summed E-state index contributed by atoms with van der Waals surface area (Å²) in [6, 6.07) is 10.6. The molecule has 2 aliphatic rings. The van der Waals surface area contributed by atoms with Crippen molar-refractivity contribution in [2.75, 3.05) is 33.3 Å². The van der Waals surface area contributed by atoms with Crippen molar-refractivity contribution >= 4 is 18.0 Å². The number of piperidine rings is 2. The lowest BCUT2D eigenvalue weighted by Crippen LogP contribution is -2.52. The Bertz CT molecular complexity index is 1070. The number of carboxylic acids is 1. The number of ether oxygens (including phenoxy) is 1. The SMILES string of the molecule is COc1ccc(C2CCN(C(C(=O)O)C3CCN(C(=O)C=Cc4cc(F)cc(F)c4)CC3)CC2)cc1. The molecule has 2 aromatic carbocycles. The summed E-state index contributed by atoms with van der Waals surface area (Å²) < 4.78 is 31.9. The standard InChI is InChI=1S/C28H32F2N2O4/c1-36-25-5-3-20(4-6-25)21-8-14-32(15-9-21)27(28(34)35)22-10-12-31(13-11-22)26(33)7-2-19-16-23(29)18-24(30)17-19/h2-7,16-18,21-22,27H,8-15H2,1H3,(H,34,35). The summed E-state index contributed by atoms with van der Waals surface area (Å²) in [4.78, 5) is 28.6. The molecule has 0 aromatic heterocycles. The number of carbonyl (C=O) groups is 2. The van der Waals surface area contributed by atoms with Crippen LogP contribution in [-0.4, -0.2) is 66.1 Å². The van der Waals surface area contributed by atoms with E-state index in [1.807, 2.05) is 12.1 Å². The molecular weight excluding hydrogens is 466 g/mol. The number of hydrogen-bond acceptors (Lipinski definition) is 4. The van der Waals surface area contributed by atoms with Gasteiger partial charge in [0, 0.05) is 25.2 Å². The second kappa shape index (κ2) is 11.6. The Labute approximate surface area is 210 Å². The van der Waals surface area contributed by atoms with Crippen LogP contribution in [0, 0.1) is 17.6 Å². The second-order valence-corrected chi connectivity index (χ2v) is 9.57. The van der Waals surface area contributed by atoms with Crippen molar-refractivity contribution in [1.29, 1.82) is 0 Å². The van der Waals surface area contributed by atoms with E-state index in [1.54, 1.807) is 12.0 Å². The largest absolute Gasteiger partial charge is 0.497 e. The molecule has 0 spiro atoms. The number of aliphatic carboxylic acids is 1. The van der Waals surface area contributed by atoms with E-state index in [4.69, 9.17) is 4.74 Å². The van der Waals surface area contributed by atoms with E-state index in [-0.39, 0.29) is 17.4 Å². The quantitative estimate of drug-likeness (QED) is 0.567. The molecule has 2 aromatic rings. The van der Waals surface area contributed by atoms with Gasteiger partial charge in [0.2, 0.25) is 5.91 Å². The molecule has 36 heavy (non-hydrogen) atoms. The summed E-state index contributed by atoms with van der Waals surface area (Å²) in [5, 5.41) is 10.0. The maximum absolute atomic E-state index is 13.4. The molecule has 1 N–H and O–H groups in total. The predicted octanol–water partition coefficient (Wildman–Crippen LogP) is 4.56. The average molecular weight is 499 g/mol. The third kappa shape index (κ3) is 6.29. The summed E-state index contributed by atoms with van der Waals surface area (Å²) in [5.41, 5.74) is 1.53. The van der Waals surface area contributed by atoms with Gasteiger partial charge in [-0.15, -0.1) is 0 Å². The van der Waals surface area contributed by atoms with Crippen LogP contribution in [0.5, 0.6) is 5.75 Å². The second-order valence-electron chi connectivity index (χ2n) is 9.57. The Morgan fingerprint density at radius 2 is 1.58 bits per heavy atom. The fourth-order valence-corrected chi connectivity index (χ4v) is 5.42. The van der Waals surface area contributed by atoms with Crippen LogP contribution in [0.15, 0.2) is 48.5 Å². The molecule has 2 heterocycles. The van der Waals surface area contributed by atoms with Gasteiger partial charge in [0.05, 0.1) is 7.11 Å². The number of rotatable bonds is 7. The first-order chi connectivity index (χ1) is 17.3. The highest BCUT2D eigenvalue weighted by atomic mass is 19.1. The third-order valence-corrected chi connectivity index (χ3v) is 7.36. The fourth-order valence-electron chi connectivity index (χ4n) is 5.42. The molecule has 192 valence electrons. The van der Waals surface area contributed by atoms with Gasteiger partial charge < -0.3 is 14.7 Å². The highest BCUT2D eigenvalue weighted by molar-refractivity contribution is 5.91. The fraction of sp³-hybridized carbons (Fsp3) is 0.429. The lowest BCUT2D eigenvalue weighted by molar-refractivity contribution is -0.147. The third-order valence-electron chi connectivity index (χ3n) is 7.36. The van der Waals surface area contributed by atoms with Gasteiger partial charge in [-0.1, -0.05) is 12.1 Å². The van der Waals surface area contributed by atoms with Gasteiger partial charge in [0.15, 0.2) is 0 Å². The van der Waals surface area contributed by atoms with Crippen LogP contribution in [-0.2, 0) is 9.59 Å². The normalized spacial score (nSPS) is 18.9. The first-order valence-corrected chi connectivity index (χ1v) is 12.4. The minimum absolute atomic E-state index is 0.0367. The molecule has 0 bridgehead atoms. The van der Waals surface area contributed by atoms with Crippen molar-refractivity contribution in [3.63, 3.8) is 0 Å². The molecule has 2 fully saturated rings. The van der Waals surface area contributed by atoms with E-state index in [1.165, 1.54) is 17.7 Å². The lowest BCUT2D eigenvalue weighted by Gasteiger charge is -2.41. The first-order valence-electron chi connectivity index (χ1n) is 12.4. The van der Waals surface area contributed by atoms with E-state index in [0.29, 0.717) is 31.8 Å². The number of hydrogen-bond donors (Lipinski definition) is 1. The number of nitrogens with zero attached hydrogens (tertiary/aromatic N) is 2. The van der Waals surface area contributed by atoms with Gasteiger partial charge in [-0.05, 0) is 92.1 Å². The molecule has 6 nitrogen and oxygen atoms in total. The Kier molecular flexibility index (Phi) is 8.36. The summed E-state index contributed by atoms with van der Waals surface area (Å²) in [5.74, 6) is -1.26. The molecule has 1 atom stereocenters. The monoisotopic (exact) mass is 498 g/mol. The summed E-state index contributed by atoms with van der Waals surface area (Å²) in [6.45, 7) is 2.36. The number of benzene rings is 2. The van der Waals surface area contributed by atoms with Crippen LogP contribution in [0.3, 0.4) is 0 Å². The van der Waals surface area contributed by atoms with Crippen molar-refractivity contribution in [1.82, 2.24) is 9.80 Å². The Hall–Kier alpha value is -3.26. The van der Waals surface area contributed by atoms with Crippen molar-refractivity contribution < 1.29 is 28.2 Å². The van der Waals surface area contributed by atoms with E-state index >= 15 is 0 Å². The maximum atomic E-state index is 13.4. The highest BCUT2D eigenvalue weighted by Crippen LogP contribution is 2.33. The Morgan fingerprint density at radius 1 is 0.972 bits per heavy atom. The molecule has 0 aliphatic carbocycles. The van der Waals surface area contributed by atoms with Crippen LogP contribution in [0.1, 0.15) is 42.7 Å². The van der Waals surface area contributed by atoms with E-state index in [2.05, 4.69) is 17.0 Å². The van der Waals surface area contributed by atoms with Crippen LogP contribution in [0.2, 0.25) is 0 Å². The van der Waals surface area contributed by atoms with Crippen molar-refractivity contribution in [2.24, 2.45) is 5.92 Å². The minimum atomic E-state index is -0.810. The molecule has 4 rings (SSSR count). The van der Waals surface area contributed by atoms with Gasteiger partial charge in [-0.25, -0.2) is 8.78 Å². The van der Waals surface area contributed by atoms with E-state index in [0.717, 1.165) is 49.9 Å². The molecule has 1 amide bonds. The summed E-state index contributed by atoms with van der Waals surface area (Å²) in [7, 11) is 1.64. The van der Waals surface area contributed by atoms with Crippen LogP contribution in [0.4, 0.5) is 8.78 Å². The lowest BCUT2D eigenvalue weighted by atomic mass is 9.84. The number of methoxy groups -OCH3 is 1. The predicted molar refractivity (Wildman–Crippen MR) is 133 cm³/mol. The molecule has 0 radical (unpaired) electrons. The van der Waals surface area contributed by atoms with Gasteiger partial charge in [0.25, 0.3) is 0 Å². The number of amides is 1. The van der Waals surface area contributed by atoms with Crippen molar-refractivity contribution in [3.05, 3.63) is 71.3 Å². The molecule has 8 heteroatoms. The Morgan fingerprint density at radius 3 is 2.14 bits per heavy atom. The van der Waals surface area contributed by atoms with Crippen LogP contribution < -0.4 is 4.74 Å². The minimum Gasteiger partial charge on any atom is -0.497 e. The number of halogens is 2. The van der Waals surface area contributed by atoms with Crippen LogP contribution in [0.25, 0.3) is 6.08 Å². The van der Waals surface area contributed by atoms with Crippen molar-refractivity contribution in [3.8, 4) is 5.75 Å². The van der Waals surface area contributed by atoms with Crippen LogP contribution >= 0.6 is 0 Å². The average Bonchev–Trinajstić information content (AvgIpc) is 2.87. The van der Waals surface area contributed by atoms with Crippen molar-refractivity contribution in [2.45, 2.75) is 37.6 Å². The molecule has 2 saturated heterocycles. The van der Waals surface area contributed by atoms with Gasteiger partial charge >= 0.3 is 5.97 Å². The molecule has 0 saturated carbocycles. The summed E-state index contributed by atoms with van der Waals surface area (Å²) >= 11 is 0. The topological polar surface area (TPSA) is 70.1 Å². The molecular formula is C28H32F2N2O4. The smallest absolute Gasteiger partial charge is 0.321 e. The summed E-state index contributed by atoms with van der Waals surface area (Å²) in [6.07, 6.45) is 5.71. The number of carbonyl (C=O) groups excluding carboxylic acids is 1. The maximum Gasteiger partial charge on any atom is 0.321 e. The highest BCUT2D eigenvalue weighted by Gasteiger charge is 2.38. The van der Waals surface area contributed by atoms with E-state index in [9.17, 15) is 23.5 Å². The molecule has 2 aliphatic heterocycles.